The number of nitrogens with one attached hydrogen (secondary N) is 1. The van der Waals surface area contributed by atoms with Crippen molar-refractivity contribution in [2.45, 2.75) is 19.6 Å². The summed E-state index contributed by atoms with van der Waals surface area (Å²) < 4.78 is 15.9. The predicted molar refractivity (Wildman–Crippen MR) is 101 cm³/mol. The van der Waals surface area contributed by atoms with E-state index in [9.17, 15) is 9.59 Å². The van der Waals surface area contributed by atoms with Gasteiger partial charge in [-0.3, -0.25) is 0 Å². The molecule has 1 N–H and O–H groups in total. The van der Waals surface area contributed by atoms with Crippen LogP contribution in [0.4, 0.5) is 5.69 Å². The van der Waals surface area contributed by atoms with E-state index >= 15 is 0 Å². The fourth-order valence-electron chi connectivity index (χ4n) is 2.28. The number of hydrogen-bond acceptors (Lipinski definition) is 6. The number of anilines is 1. The van der Waals surface area contributed by atoms with Crippen LogP contribution in [0.3, 0.4) is 0 Å². The van der Waals surface area contributed by atoms with Gasteiger partial charge in [-0.1, -0.05) is 35.3 Å². The molecule has 2 aromatic carbocycles. The van der Waals surface area contributed by atoms with Crippen molar-refractivity contribution in [3.8, 4) is 11.5 Å². The van der Waals surface area contributed by atoms with Crippen LogP contribution in [-0.4, -0.2) is 17.7 Å². The third-order valence-corrected chi connectivity index (χ3v) is 4.02. The van der Waals surface area contributed by atoms with E-state index in [0.29, 0.717) is 27.2 Å². The third kappa shape index (κ3) is 4.53. The molecule has 0 amide bonds. The van der Waals surface area contributed by atoms with Crippen LogP contribution in [0.15, 0.2) is 54.2 Å². The molecule has 140 valence electrons. The minimum Gasteiger partial charge on any atom is -0.454 e. The second kappa shape index (κ2) is 7.50. The fourth-order valence-corrected chi connectivity index (χ4v) is 2.73. The van der Waals surface area contributed by atoms with Crippen molar-refractivity contribution in [2.75, 3.05) is 5.32 Å². The standard InChI is InChI=1S/C19H15Cl2NO5/c1-19(2)26-17(23)12(18(24)27-19)10-22-14-5-3-4-6-16(14)25-15-8-7-11(20)9-13(15)21/h3-10,22H,1-2H3. The van der Waals surface area contributed by atoms with Crippen molar-refractivity contribution in [3.63, 3.8) is 0 Å². The molecule has 2 aromatic rings. The highest BCUT2D eigenvalue weighted by atomic mass is 35.5. The van der Waals surface area contributed by atoms with E-state index in [2.05, 4.69) is 5.32 Å². The molecular weight excluding hydrogens is 393 g/mol. The van der Waals surface area contributed by atoms with Crippen LogP contribution in [0, 0.1) is 0 Å². The maximum absolute atomic E-state index is 12.0. The summed E-state index contributed by atoms with van der Waals surface area (Å²) in [6, 6.07) is 11.8. The number of para-hydroxylation sites is 2. The van der Waals surface area contributed by atoms with E-state index in [-0.39, 0.29) is 5.57 Å². The average Bonchev–Trinajstić information content (AvgIpc) is 2.57. The third-order valence-electron chi connectivity index (χ3n) is 3.49. The molecular formula is C19H15Cl2NO5. The van der Waals surface area contributed by atoms with Gasteiger partial charge in [0.05, 0.1) is 10.7 Å². The molecule has 0 bridgehead atoms. The van der Waals surface area contributed by atoms with Gasteiger partial charge in [-0.25, -0.2) is 9.59 Å². The van der Waals surface area contributed by atoms with Gasteiger partial charge in [-0.05, 0) is 30.3 Å². The maximum atomic E-state index is 12.0. The Morgan fingerprint density at radius 2 is 1.67 bits per heavy atom. The highest BCUT2D eigenvalue weighted by Crippen LogP contribution is 2.35. The second-order valence-electron chi connectivity index (χ2n) is 6.05. The molecule has 0 atom stereocenters. The molecule has 0 unspecified atom stereocenters. The molecule has 0 spiro atoms. The molecule has 1 heterocycles. The van der Waals surface area contributed by atoms with Crippen molar-refractivity contribution < 1.29 is 23.8 Å². The number of ether oxygens (including phenoxy) is 3. The number of hydrogen-bond donors (Lipinski definition) is 1. The minimum absolute atomic E-state index is 0.256. The van der Waals surface area contributed by atoms with Crippen LogP contribution in [0.5, 0.6) is 11.5 Å². The van der Waals surface area contributed by atoms with Gasteiger partial charge >= 0.3 is 11.9 Å². The van der Waals surface area contributed by atoms with Gasteiger partial charge in [0, 0.05) is 25.1 Å². The first-order valence-corrected chi connectivity index (χ1v) is 8.66. The first-order valence-electron chi connectivity index (χ1n) is 7.90. The lowest BCUT2D eigenvalue weighted by Crippen LogP contribution is -2.42. The Bertz CT molecular complexity index is 917. The molecule has 1 saturated heterocycles. The van der Waals surface area contributed by atoms with Gasteiger partial charge in [0.25, 0.3) is 5.79 Å². The highest BCUT2D eigenvalue weighted by Gasteiger charge is 2.38. The first kappa shape index (κ1) is 19.1. The molecule has 27 heavy (non-hydrogen) atoms. The van der Waals surface area contributed by atoms with Crippen LogP contribution in [0.1, 0.15) is 13.8 Å². The number of benzene rings is 2. The van der Waals surface area contributed by atoms with Crippen LogP contribution >= 0.6 is 23.2 Å². The van der Waals surface area contributed by atoms with Crippen molar-refractivity contribution in [1.29, 1.82) is 0 Å². The van der Waals surface area contributed by atoms with E-state index in [1.165, 1.54) is 20.0 Å². The summed E-state index contributed by atoms with van der Waals surface area (Å²) in [4.78, 5) is 24.0. The van der Waals surface area contributed by atoms with Gasteiger partial charge < -0.3 is 19.5 Å². The molecule has 3 rings (SSSR count). The van der Waals surface area contributed by atoms with Crippen LogP contribution < -0.4 is 10.1 Å². The molecule has 0 aliphatic carbocycles. The van der Waals surface area contributed by atoms with Crippen LogP contribution in [0.2, 0.25) is 10.0 Å². The van der Waals surface area contributed by atoms with Crippen molar-refractivity contribution in [1.82, 2.24) is 0 Å². The summed E-state index contributed by atoms with van der Waals surface area (Å²) >= 11 is 12.0. The predicted octanol–water partition coefficient (Wildman–Crippen LogP) is 4.92. The lowest BCUT2D eigenvalue weighted by Gasteiger charge is -2.29. The summed E-state index contributed by atoms with van der Waals surface area (Å²) in [7, 11) is 0. The molecule has 1 fully saturated rings. The zero-order chi connectivity index (χ0) is 19.6. The Morgan fingerprint density at radius 1 is 1.00 bits per heavy atom. The molecule has 1 aliphatic heterocycles. The van der Waals surface area contributed by atoms with Gasteiger partial charge in [0.2, 0.25) is 0 Å². The molecule has 8 heteroatoms. The summed E-state index contributed by atoms with van der Waals surface area (Å²) in [5.41, 5.74) is 0.245. The summed E-state index contributed by atoms with van der Waals surface area (Å²) in [6.07, 6.45) is 1.21. The molecule has 0 aromatic heterocycles. The zero-order valence-electron chi connectivity index (χ0n) is 14.4. The normalized spacial score (nSPS) is 15.6. The highest BCUT2D eigenvalue weighted by molar-refractivity contribution is 6.35. The number of rotatable bonds is 4. The quantitative estimate of drug-likeness (QED) is 0.440. The van der Waals surface area contributed by atoms with E-state index < -0.39 is 17.7 Å². The zero-order valence-corrected chi connectivity index (χ0v) is 15.9. The van der Waals surface area contributed by atoms with E-state index in [0.717, 1.165) is 0 Å². The van der Waals surface area contributed by atoms with Gasteiger partial charge in [-0.2, -0.15) is 0 Å². The summed E-state index contributed by atoms with van der Waals surface area (Å²) in [5.74, 6) is -2.01. The molecule has 0 saturated carbocycles. The molecule has 0 radical (unpaired) electrons. The van der Waals surface area contributed by atoms with Gasteiger partial charge in [-0.15, -0.1) is 0 Å². The maximum Gasteiger partial charge on any atom is 0.350 e. The van der Waals surface area contributed by atoms with Gasteiger partial charge in [0.1, 0.15) is 5.75 Å². The number of carbonyl (C=O) groups excluding carboxylic acids is 2. The van der Waals surface area contributed by atoms with Crippen molar-refractivity contribution in [2.24, 2.45) is 0 Å². The Hall–Kier alpha value is -2.70. The minimum atomic E-state index is -1.29. The van der Waals surface area contributed by atoms with Gasteiger partial charge in [0.15, 0.2) is 11.3 Å². The topological polar surface area (TPSA) is 73.9 Å². The van der Waals surface area contributed by atoms with E-state index in [1.807, 2.05) is 0 Å². The van der Waals surface area contributed by atoms with Crippen LogP contribution in [0.25, 0.3) is 0 Å². The Kier molecular flexibility index (Phi) is 5.30. The SMILES string of the molecule is CC1(C)OC(=O)C(=CNc2ccccc2Oc2ccc(Cl)cc2Cl)C(=O)O1. The van der Waals surface area contributed by atoms with Crippen LogP contribution in [-0.2, 0) is 19.1 Å². The van der Waals surface area contributed by atoms with Crippen molar-refractivity contribution in [3.05, 3.63) is 64.3 Å². The molecule has 1 aliphatic rings. The summed E-state index contributed by atoms with van der Waals surface area (Å²) in [5, 5.41) is 3.70. The summed E-state index contributed by atoms with van der Waals surface area (Å²) in [6.45, 7) is 2.96. The lowest BCUT2D eigenvalue weighted by molar-refractivity contribution is -0.222. The Labute approximate surface area is 165 Å². The molecule has 6 nitrogen and oxygen atoms in total. The monoisotopic (exact) mass is 407 g/mol. The number of halogens is 2. The fraction of sp³-hybridized carbons (Fsp3) is 0.158. The number of cyclic esters (lactones) is 2. The van der Waals surface area contributed by atoms with Crippen molar-refractivity contribution >= 4 is 40.8 Å². The van der Waals surface area contributed by atoms with E-state index in [1.54, 1.807) is 42.5 Å². The van der Waals surface area contributed by atoms with E-state index in [4.69, 9.17) is 37.4 Å². The first-order chi connectivity index (χ1) is 12.7. The number of carbonyl (C=O) groups is 2. The second-order valence-corrected chi connectivity index (χ2v) is 6.90. The largest absolute Gasteiger partial charge is 0.454 e. The number of esters is 2. The smallest absolute Gasteiger partial charge is 0.350 e. The lowest BCUT2D eigenvalue weighted by atomic mass is 10.2. The Morgan fingerprint density at radius 3 is 2.33 bits per heavy atom. The average molecular weight is 408 g/mol. The Balaban J connectivity index is 1.82.